The van der Waals surface area contributed by atoms with Crippen molar-refractivity contribution < 1.29 is 10.0 Å². The Balaban J connectivity index is 0.000000133. The highest BCUT2D eigenvalue weighted by molar-refractivity contribution is 9.10. The highest BCUT2D eigenvalue weighted by atomic mass is 79.9. The molecular weight excluding hydrogens is 731 g/mol. The first-order chi connectivity index (χ1) is 23.9. The van der Waals surface area contributed by atoms with Gasteiger partial charge in [-0.1, -0.05) is 159 Å². The van der Waals surface area contributed by atoms with Crippen molar-refractivity contribution in [2.45, 2.75) is 12.8 Å². The first kappa shape index (κ1) is 33.0. The largest absolute Gasteiger partial charge is 0.488 e. The molecule has 2 nitrogen and oxygen atoms in total. The van der Waals surface area contributed by atoms with Crippen LogP contribution in [-0.2, 0) is 12.8 Å². The van der Waals surface area contributed by atoms with Crippen LogP contribution in [0.4, 0.5) is 0 Å². The van der Waals surface area contributed by atoms with Crippen molar-refractivity contribution in [1.82, 2.24) is 0 Å². The molecule has 0 aromatic heterocycles. The maximum atomic E-state index is 8.58. The molecule has 7 aromatic carbocycles. The van der Waals surface area contributed by atoms with Crippen LogP contribution in [0, 0.1) is 0 Å². The van der Waals surface area contributed by atoms with Gasteiger partial charge in [-0.25, -0.2) is 0 Å². The van der Waals surface area contributed by atoms with Crippen molar-refractivity contribution in [3.8, 4) is 44.5 Å². The molecule has 0 spiro atoms. The Morgan fingerprint density at radius 1 is 0.367 bits per heavy atom. The minimum absolute atomic E-state index is 0.525. The van der Waals surface area contributed by atoms with Gasteiger partial charge in [0.1, 0.15) is 0 Å². The third-order valence-corrected chi connectivity index (χ3v) is 10.0. The highest BCUT2D eigenvalue weighted by Gasteiger charge is 2.20. The topological polar surface area (TPSA) is 40.5 Å². The van der Waals surface area contributed by atoms with Gasteiger partial charge in [-0.15, -0.1) is 0 Å². The van der Waals surface area contributed by atoms with E-state index >= 15 is 0 Å². The van der Waals surface area contributed by atoms with Crippen molar-refractivity contribution in [2.24, 2.45) is 0 Å². The molecule has 0 heterocycles. The van der Waals surface area contributed by atoms with Crippen molar-refractivity contribution in [1.29, 1.82) is 0 Å². The Labute approximate surface area is 305 Å². The molecule has 0 amide bonds. The zero-order valence-corrected chi connectivity index (χ0v) is 29.9. The molecule has 9 rings (SSSR count). The van der Waals surface area contributed by atoms with Gasteiger partial charge in [-0.3, -0.25) is 0 Å². The Bertz CT molecular complexity index is 2080. The molecule has 0 radical (unpaired) electrons. The molecule has 5 heteroatoms. The standard InChI is InChI=1S/C25H18.C13H8Br2.C6H7BO2/c1-3-7-18(8-4-1)20-11-13-22-15-23-14-12-21(17-25(23)24(22)16-20)19-9-5-2-6-10-19;14-10-3-1-8-5-9-2-4-11(15)7-13(9)12(8)6-10;8-7(9)6-4-2-1-3-5-6/h1-14,16-17H,15H2;1-4,6-7H,5H2;1-5,8-9H. The number of benzene rings is 7. The van der Waals surface area contributed by atoms with E-state index in [2.05, 4.69) is 165 Å². The summed E-state index contributed by atoms with van der Waals surface area (Å²) >= 11 is 7.05. The van der Waals surface area contributed by atoms with Crippen LogP contribution < -0.4 is 5.46 Å². The van der Waals surface area contributed by atoms with Crippen LogP contribution in [0.25, 0.3) is 44.5 Å². The Morgan fingerprint density at radius 2 is 0.714 bits per heavy atom. The predicted molar refractivity (Wildman–Crippen MR) is 212 cm³/mol. The van der Waals surface area contributed by atoms with Crippen LogP contribution in [0.5, 0.6) is 0 Å². The van der Waals surface area contributed by atoms with Gasteiger partial charge in [-0.05, 0) is 121 Å². The average molecular weight is 764 g/mol. The third kappa shape index (κ3) is 7.56. The lowest BCUT2D eigenvalue weighted by Crippen LogP contribution is -2.29. The van der Waals surface area contributed by atoms with E-state index in [-0.39, 0.29) is 0 Å². The molecule has 2 aliphatic rings. The molecule has 0 bridgehead atoms. The van der Waals surface area contributed by atoms with Crippen molar-refractivity contribution in [2.75, 3.05) is 0 Å². The van der Waals surface area contributed by atoms with Gasteiger partial charge in [0.05, 0.1) is 0 Å². The van der Waals surface area contributed by atoms with Gasteiger partial charge >= 0.3 is 7.12 Å². The fraction of sp³-hybridized carbons (Fsp3) is 0.0455. The third-order valence-electron chi connectivity index (χ3n) is 9.02. The molecular formula is C44H33BBr2O2. The second-order valence-electron chi connectivity index (χ2n) is 12.2. The van der Waals surface area contributed by atoms with Crippen molar-refractivity contribution >= 4 is 44.4 Å². The summed E-state index contributed by atoms with van der Waals surface area (Å²) in [5.74, 6) is 0. The van der Waals surface area contributed by atoms with Gasteiger partial charge < -0.3 is 10.0 Å². The summed E-state index contributed by atoms with van der Waals surface area (Å²) in [4.78, 5) is 0. The van der Waals surface area contributed by atoms with E-state index < -0.39 is 7.12 Å². The van der Waals surface area contributed by atoms with Crippen LogP contribution in [0.15, 0.2) is 173 Å². The maximum absolute atomic E-state index is 8.58. The maximum Gasteiger partial charge on any atom is 0.488 e. The highest BCUT2D eigenvalue weighted by Crippen LogP contribution is 2.41. The SMILES string of the molecule is Brc1ccc2c(c1)-c1cc(Br)ccc1C2.OB(O)c1ccccc1.c1ccc(-c2ccc3c(c2)-c2cc(-c4ccccc4)ccc2C3)cc1. The molecule has 0 aliphatic heterocycles. The average Bonchev–Trinajstić information content (AvgIpc) is 3.70. The van der Waals surface area contributed by atoms with Crippen LogP contribution >= 0.6 is 31.9 Å². The Kier molecular flexibility index (Phi) is 10.1. The summed E-state index contributed by atoms with van der Waals surface area (Å²) in [5.41, 5.74) is 16.9. The molecule has 0 unspecified atom stereocenters. The van der Waals surface area contributed by atoms with E-state index in [9.17, 15) is 0 Å². The molecule has 2 aliphatic carbocycles. The van der Waals surface area contributed by atoms with E-state index in [1.54, 1.807) is 24.3 Å². The molecule has 0 saturated carbocycles. The monoisotopic (exact) mass is 762 g/mol. The zero-order chi connectivity index (χ0) is 33.7. The minimum atomic E-state index is -1.34. The second-order valence-corrected chi connectivity index (χ2v) is 14.0. The number of halogens is 2. The van der Waals surface area contributed by atoms with E-state index in [4.69, 9.17) is 10.0 Å². The summed E-state index contributed by atoms with van der Waals surface area (Å²) < 4.78 is 2.29. The number of hydrogen-bond donors (Lipinski definition) is 2. The number of fused-ring (bicyclic) bond motifs is 6. The van der Waals surface area contributed by atoms with E-state index in [0.717, 1.165) is 21.8 Å². The summed E-state index contributed by atoms with van der Waals surface area (Å²) in [6.07, 6.45) is 2.10. The fourth-order valence-electron chi connectivity index (χ4n) is 6.53. The van der Waals surface area contributed by atoms with Gasteiger partial charge in [0.2, 0.25) is 0 Å². The lowest BCUT2D eigenvalue weighted by atomic mass is 9.81. The van der Waals surface area contributed by atoms with E-state index in [1.165, 1.54) is 66.8 Å². The first-order valence-corrected chi connectivity index (χ1v) is 17.9. The Hall–Kier alpha value is -4.52. The smallest absolute Gasteiger partial charge is 0.423 e. The lowest BCUT2D eigenvalue weighted by Gasteiger charge is -2.08. The normalized spacial score (nSPS) is 11.5. The van der Waals surface area contributed by atoms with E-state index in [1.807, 2.05) is 6.07 Å². The van der Waals surface area contributed by atoms with Gasteiger partial charge in [0.25, 0.3) is 0 Å². The van der Waals surface area contributed by atoms with Crippen LogP contribution in [0.2, 0.25) is 0 Å². The Morgan fingerprint density at radius 3 is 1.08 bits per heavy atom. The quantitative estimate of drug-likeness (QED) is 0.176. The molecule has 7 aromatic rings. The van der Waals surface area contributed by atoms with Gasteiger partial charge in [0.15, 0.2) is 0 Å². The molecule has 238 valence electrons. The summed E-state index contributed by atoms with van der Waals surface area (Å²) in [7, 11) is -1.34. The number of hydrogen-bond acceptors (Lipinski definition) is 2. The second kappa shape index (κ2) is 14.9. The molecule has 0 fully saturated rings. The minimum Gasteiger partial charge on any atom is -0.423 e. The van der Waals surface area contributed by atoms with Crippen LogP contribution in [0.3, 0.4) is 0 Å². The lowest BCUT2D eigenvalue weighted by molar-refractivity contribution is 0.426. The first-order valence-electron chi connectivity index (χ1n) is 16.3. The van der Waals surface area contributed by atoms with Crippen molar-refractivity contribution in [3.05, 3.63) is 195 Å². The fourth-order valence-corrected chi connectivity index (χ4v) is 7.25. The molecule has 0 atom stereocenters. The molecule has 49 heavy (non-hydrogen) atoms. The molecule has 2 N–H and O–H groups in total. The van der Waals surface area contributed by atoms with Gasteiger partial charge in [0, 0.05) is 8.95 Å². The predicted octanol–water partition coefficient (Wildman–Crippen LogP) is 10.7. The molecule has 0 saturated heterocycles. The van der Waals surface area contributed by atoms with E-state index in [0.29, 0.717) is 5.46 Å². The van der Waals surface area contributed by atoms with Crippen LogP contribution in [-0.4, -0.2) is 17.2 Å². The summed E-state index contributed by atoms with van der Waals surface area (Å²) in [6, 6.07) is 56.7. The number of rotatable bonds is 3. The summed E-state index contributed by atoms with van der Waals surface area (Å²) in [6.45, 7) is 0. The van der Waals surface area contributed by atoms with Gasteiger partial charge in [-0.2, -0.15) is 0 Å². The van der Waals surface area contributed by atoms with Crippen LogP contribution in [0.1, 0.15) is 22.3 Å². The summed E-state index contributed by atoms with van der Waals surface area (Å²) in [5, 5.41) is 17.2. The van der Waals surface area contributed by atoms with Crippen molar-refractivity contribution in [3.63, 3.8) is 0 Å². The zero-order valence-electron chi connectivity index (χ0n) is 26.7.